The molecule has 21 heavy (non-hydrogen) atoms. The molecular weight excluding hydrogens is 318 g/mol. The van der Waals surface area contributed by atoms with E-state index in [-0.39, 0.29) is 15.8 Å². The largest absolute Gasteiger partial charge is 0.479 e. The van der Waals surface area contributed by atoms with E-state index in [0.717, 1.165) is 12.5 Å². The molecule has 0 aliphatic carbocycles. The molecule has 0 saturated carbocycles. The predicted molar refractivity (Wildman–Crippen MR) is 79.0 cm³/mol. The number of rotatable bonds is 6. The second kappa shape index (κ2) is 6.31. The van der Waals surface area contributed by atoms with Crippen molar-refractivity contribution in [2.75, 3.05) is 6.54 Å². The molecule has 0 aromatic heterocycles. The Balaban J connectivity index is 3.09. The fraction of sp³-hybridized carbons (Fsp3) is 0.462. The van der Waals surface area contributed by atoms with Crippen molar-refractivity contribution in [3.63, 3.8) is 0 Å². The van der Waals surface area contributed by atoms with Gasteiger partial charge in [-0.1, -0.05) is 31.5 Å². The molecule has 0 saturated heterocycles. The molecule has 0 fully saturated rings. The van der Waals surface area contributed by atoms with Gasteiger partial charge in [0.15, 0.2) is 5.60 Å². The van der Waals surface area contributed by atoms with Crippen molar-refractivity contribution in [2.45, 2.75) is 37.2 Å². The summed E-state index contributed by atoms with van der Waals surface area (Å²) >= 11 is 5.90. The van der Waals surface area contributed by atoms with E-state index < -0.39 is 28.1 Å². The van der Waals surface area contributed by atoms with Crippen LogP contribution in [0.4, 0.5) is 0 Å². The molecule has 1 aromatic carbocycles. The van der Waals surface area contributed by atoms with E-state index >= 15 is 0 Å². The van der Waals surface area contributed by atoms with Crippen LogP contribution in [0.1, 0.15) is 32.3 Å². The molecule has 6 nitrogen and oxygen atoms in total. The summed E-state index contributed by atoms with van der Waals surface area (Å²) in [4.78, 5) is 10.6. The van der Waals surface area contributed by atoms with Gasteiger partial charge in [-0.25, -0.2) is 17.9 Å². The number of hydrogen-bond donors (Lipinski definition) is 3. The van der Waals surface area contributed by atoms with Gasteiger partial charge in [-0.15, -0.1) is 0 Å². The zero-order valence-electron chi connectivity index (χ0n) is 11.9. The number of aliphatic carboxylic acids is 1. The van der Waals surface area contributed by atoms with Gasteiger partial charge in [0.05, 0.1) is 11.6 Å². The summed E-state index contributed by atoms with van der Waals surface area (Å²) in [7, 11) is -4.02. The average Bonchev–Trinajstić information content (AvgIpc) is 2.36. The Morgan fingerprint density at radius 3 is 2.48 bits per heavy atom. The first kappa shape index (κ1) is 17.9. The number of carboxylic acid groups (broad SMARTS) is 1. The monoisotopic (exact) mass is 335 g/mol. The van der Waals surface area contributed by atoms with Gasteiger partial charge in [-0.05, 0) is 30.5 Å². The third-order valence-electron chi connectivity index (χ3n) is 2.98. The molecule has 118 valence electrons. The van der Waals surface area contributed by atoms with Crippen LogP contribution in [0.3, 0.4) is 0 Å². The molecule has 3 N–H and O–H groups in total. The standard InChI is InChI=1S/C13H18ClNO5S/c1-8(2)9-4-5-10(14)11(6-9)21(19,20)15-7-13(3,18)12(16)17/h4-6,8,15,18H,7H2,1-3H3,(H,16,17). The Kier molecular flexibility index (Phi) is 5.38. The van der Waals surface area contributed by atoms with Gasteiger partial charge in [0.2, 0.25) is 10.0 Å². The van der Waals surface area contributed by atoms with Crippen LogP contribution < -0.4 is 4.72 Å². The van der Waals surface area contributed by atoms with E-state index in [1.165, 1.54) is 12.1 Å². The third-order valence-corrected chi connectivity index (χ3v) is 4.86. The summed E-state index contributed by atoms with van der Waals surface area (Å²) in [5.74, 6) is -1.41. The van der Waals surface area contributed by atoms with Gasteiger partial charge >= 0.3 is 5.97 Å². The molecule has 1 rings (SSSR count). The molecule has 0 radical (unpaired) electrons. The molecule has 1 aromatic rings. The van der Waals surface area contributed by atoms with Gasteiger partial charge in [0.25, 0.3) is 0 Å². The van der Waals surface area contributed by atoms with Gasteiger partial charge in [0, 0.05) is 0 Å². The van der Waals surface area contributed by atoms with Crippen molar-refractivity contribution < 1.29 is 23.4 Å². The minimum absolute atomic E-state index is 0.0295. The lowest BCUT2D eigenvalue weighted by atomic mass is 10.0. The molecule has 0 heterocycles. The van der Waals surface area contributed by atoms with Crippen molar-refractivity contribution in [3.8, 4) is 0 Å². The van der Waals surface area contributed by atoms with Crippen molar-refractivity contribution in [3.05, 3.63) is 28.8 Å². The highest BCUT2D eigenvalue weighted by Crippen LogP contribution is 2.26. The molecule has 1 unspecified atom stereocenters. The number of carboxylic acids is 1. The normalized spacial score (nSPS) is 15.0. The highest BCUT2D eigenvalue weighted by atomic mass is 35.5. The first-order chi connectivity index (χ1) is 9.47. The lowest BCUT2D eigenvalue weighted by Gasteiger charge is -2.19. The number of sulfonamides is 1. The van der Waals surface area contributed by atoms with Crippen LogP contribution >= 0.6 is 11.6 Å². The average molecular weight is 336 g/mol. The minimum atomic E-state index is -4.02. The van der Waals surface area contributed by atoms with E-state index in [4.69, 9.17) is 16.7 Å². The van der Waals surface area contributed by atoms with Crippen LogP contribution in [-0.2, 0) is 14.8 Å². The van der Waals surface area contributed by atoms with Gasteiger partial charge < -0.3 is 10.2 Å². The molecular formula is C13H18ClNO5S. The zero-order valence-corrected chi connectivity index (χ0v) is 13.5. The summed E-state index contributed by atoms with van der Waals surface area (Å²) in [6.45, 7) is 4.15. The quantitative estimate of drug-likeness (QED) is 0.732. The third kappa shape index (κ3) is 4.41. The fourth-order valence-electron chi connectivity index (χ4n) is 1.47. The number of hydrogen-bond acceptors (Lipinski definition) is 4. The smallest absolute Gasteiger partial charge is 0.336 e. The highest BCUT2D eigenvalue weighted by Gasteiger charge is 2.32. The first-order valence-corrected chi connectivity index (χ1v) is 8.08. The Labute approximate surface area is 128 Å². The number of nitrogens with one attached hydrogen (secondary N) is 1. The highest BCUT2D eigenvalue weighted by molar-refractivity contribution is 7.89. The second-order valence-corrected chi connectivity index (χ2v) is 7.39. The molecule has 0 bridgehead atoms. The maximum atomic E-state index is 12.2. The van der Waals surface area contributed by atoms with Gasteiger partial charge in [-0.3, -0.25) is 0 Å². The minimum Gasteiger partial charge on any atom is -0.479 e. The van der Waals surface area contributed by atoms with E-state index in [2.05, 4.69) is 4.72 Å². The number of halogens is 1. The van der Waals surface area contributed by atoms with Gasteiger partial charge in [-0.2, -0.15) is 0 Å². The zero-order chi connectivity index (χ0) is 16.4. The molecule has 0 amide bonds. The fourth-order valence-corrected chi connectivity index (χ4v) is 3.14. The Bertz CT molecular complexity index is 640. The van der Waals surface area contributed by atoms with Gasteiger partial charge in [0.1, 0.15) is 4.90 Å². The molecule has 0 aliphatic heterocycles. The van der Waals surface area contributed by atoms with Crippen molar-refractivity contribution in [1.82, 2.24) is 4.72 Å². The van der Waals surface area contributed by atoms with Crippen LogP contribution in [0.2, 0.25) is 5.02 Å². The summed E-state index contributed by atoms with van der Waals surface area (Å²) in [6, 6.07) is 4.63. The van der Waals surface area contributed by atoms with Crippen molar-refractivity contribution >= 4 is 27.6 Å². The molecule has 8 heteroatoms. The molecule has 0 spiro atoms. The number of aliphatic hydroxyl groups is 1. The second-order valence-electron chi connectivity index (χ2n) is 5.25. The lowest BCUT2D eigenvalue weighted by Crippen LogP contribution is -2.46. The van der Waals surface area contributed by atoms with E-state index in [0.29, 0.717) is 0 Å². The van der Waals surface area contributed by atoms with Crippen LogP contribution in [0.15, 0.2) is 23.1 Å². The van der Waals surface area contributed by atoms with E-state index in [1.807, 2.05) is 13.8 Å². The maximum Gasteiger partial charge on any atom is 0.336 e. The Hall–Kier alpha value is -1.15. The predicted octanol–water partition coefficient (Wildman–Crippen LogP) is 1.58. The van der Waals surface area contributed by atoms with Crippen molar-refractivity contribution in [2.24, 2.45) is 0 Å². The van der Waals surface area contributed by atoms with E-state index in [9.17, 15) is 18.3 Å². The van der Waals surface area contributed by atoms with Crippen LogP contribution in [0.5, 0.6) is 0 Å². The number of benzene rings is 1. The van der Waals surface area contributed by atoms with Crippen molar-refractivity contribution in [1.29, 1.82) is 0 Å². The summed E-state index contributed by atoms with van der Waals surface area (Å²) in [5, 5.41) is 18.4. The van der Waals surface area contributed by atoms with E-state index in [1.54, 1.807) is 6.07 Å². The first-order valence-electron chi connectivity index (χ1n) is 6.22. The maximum absolute atomic E-state index is 12.2. The topological polar surface area (TPSA) is 104 Å². The molecule has 1 atom stereocenters. The Morgan fingerprint density at radius 2 is 2.00 bits per heavy atom. The van der Waals surface area contributed by atoms with Crippen LogP contribution in [-0.4, -0.2) is 36.7 Å². The SMILES string of the molecule is CC(C)c1ccc(Cl)c(S(=O)(=O)NCC(C)(O)C(=O)O)c1. The summed E-state index contributed by atoms with van der Waals surface area (Å²) in [5.41, 5.74) is -1.42. The Morgan fingerprint density at radius 1 is 1.43 bits per heavy atom. The number of carbonyl (C=O) groups is 1. The lowest BCUT2D eigenvalue weighted by molar-refractivity contribution is -0.155. The van der Waals surface area contributed by atoms with Crippen LogP contribution in [0.25, 0.3) is 0 Å². The van der Waals surface area contributed by atoms with Crippen LogP contribution in [0, 0.1) is 0 Å². The molecule has 0 aliphatic rings. The summed E-state index contributed by atoms with van der Waals surface area (Å²) < 4.78 is 26.5. The summed E-state index contributed by atoms with van der Waals surface area (Å²) in [6.07, 6.45) is 0.